The molecule has 4 saturated carbocycles. The van der Waals surface area contributed by atoms with Gasteiger partial charge in [0.05, 0.1) is 11.4 Å². The third-order valence-electron chi connectivity index (χ3n) is 6.79. The maximum absolute atomic E-state index is 12.7. The third kappa shape index (κ3) is 2.72. The van der Waals surface area contributed by atoms with E-state index in [1.165, 1.54) is 38.5 Å². The van der Waals surface area contributed by atoms with Gasteiger partial charge in [0.1, 0.15) is 5.69 Å². The average molecular weight is 349 g/mol. The first-order valence-electron chi connectivity index (χ1n) is 9.90. The fraction of sp³-hybridized carbons (Fsp3) is 0.500. The number of rotatable bonds is 4. The highest BCUT2D eigenvalue weighted by molar-refractivity contribution is 6.04. The van der Waals surface area contributed by atoms with Crippen LogP contribution in [0.2, 0.25) is 0 Å². The summed E-state index contributed by atoms with van der Waals surface area (Å²) in [5.41, 5.74) is 2.86. The lowest BCUT2D eigenvalue weighted by Gasteiger charge is -2.57. The van der Waals surface area contributed by atoms with Crippen molar-refractivity contribution in [3.05, 3.63) is 48.3 Å². The average Bonchev–Trinajstić information content (AvgIpc) is 3.01. The van der Waals surface area contributed by atoms with Gasteiger partial charge >= 0.3 is 0 Å². The SMILES string of the molecule is Cn1cccc1C(=O)Nc1ccccc1NC12CC3CC(CC(C3)C1)C2. The second-order valence-corrected chi connectivity index (χ2v) is 8.83. The maximum Gasteiger partial charge on any atom is 0.272 e. The van der Waals surface area contributed by atoms with Crippen LogP contribution < -0.4 is 10.6 Å². The number of aromatic nitrogens is 1. The molecule has 1 aromatic heterocycles. The zero-order valence-corrected chi connectivity index (χ0v) is 15.4. The monoisotopic (exact) mass is 349 g/mol. The van der Waals surface area contributed by atoms with Crippen molar-refractivity contribution in [2.45, 2.75) is 44.1 Å². The van der Waals surface area contributed by atoms with Crippen LogP contribution in [0, 0.1) is 17.8 Å². The Hall–Kier alpha value is -2.23. The second-order valence-electron chi connectivity index (χ2n) is 8.83. The summed E-state index contributed by atoms with van der Waals surface area (Å²) in [4.78, 5) is 12.7. The Morgan fingerprint density at radius 3 is 2.15 bits per heavy atom. The van der Waals surface area contributed by atoms with E-state index in [4.69, 9.17) is 0 Å². The van der Waals surface area contributed by atoms with Gasteiger partial charge in [-0.15, -0.1) is 0 Å². The largest absolute Gasteiger partial charge is 0.378 e. The Bertz CT molecular complexity index is 802. The molecule has 1 heterocycles. The number of anilines is 2. The van der Waals surface area contributed by atoms with Gasteiger partial charge in [0.2, 0.25) is 0 Å². The van der Waals surface area contributed by atoms with Crippen LogP contribution in [0.5, 0.6) is 0 Å². The zero-order chi connectivity index (χ0) is 17.7. The van der Waals surface area contributed by atoms with E-state index in [1.54, 1.807) is 0 Å². The number of nitrogens with one attached hydrogen (secondary N) is 2. The number of hydrogen-bond donors (Lipinski definition) is 2. The minimum Gasteiger partial charge on any atom is -0.378 e. The van der Waals surface area contributed by atoms with Gasteiger partial charge in [-0.1, -0.05) is 12.1 Å². The summed E-state index contributed by atoms with van der Waals surface area (Å²) < 4.78 is 1.85. The molecule has 4 aliphatic rings. The number of benzene rings is 1. The van der Waals surface area contributed by atoms with Crippen LogP contribution in [-0.4, -0.2) is 16.0 Å². The molecule has 136 valence electrons. The molecule has 4 fully saturated rings. The fourth-order valence-corrected chi connectivity index (χ4v) is 6.13. The summed E-state index contributed by atoms with van der Waals surface area (Å²) in [6.45, 7) is 0. The van der Waals surface area contributed by atoms with Crippen molar-refractivity contribution in [1.82, 2.24) is 4.57 Å². The summed E-state index contributed by atoms with van der Waals surface area (Å²) in [7, 11) is 1.90. The Kier molecular flexibility index (Phi) is 3.63. The van der Waals surface area contributed by atoms with E-state index in [9.17, 15) is 4.79 Å². The normalized spacial score (nSPS) is 31.8. The van der Waals surface area contributed by atoms with Crippen LogP contribution in [0.4, 0.5) is 11.4 Å². The van der Waals surface area contributed by atoms with Crippen molar-refractivity contribution in [3.63, 3.8) is 0 Å². The van der Waals surface area contributed by atoms with E-state index in [-0.39, 0.29) is 11.4 Å². The predicted octanol–water partition coefficient (Wildman–Crippen LogP) is 4.66. The number of hydrogen-bond acceptors (Lipinski definition) is 2. The van der Waals surface area contributed by atoms with Crippen molar-refractivity contribution in [3.8, 4) is 0 Å². The van der Waals surface area contributed by atoms with Crippen LogP contribution in [0.15, 0.2) is 42.6 Å². The van der Waals surface area contributed by atoms with Gasteiger partial charge in [-0.3, -0.25) is 4.79 Å². The molecule has 6 rings (SSSR count). The molecule has 26 heavy (non-hydrogen) atoms. The first kappa shape index (κ1) is 16.0. The lowest BCUT2D eigenvalue weighted by Crippen LogP contribution is -2.54. The summed E-state index contributed by atoms with van der Waals surface area (Å²) in [5, 5.41) is 7.01. The molecule has 1 aromatic carbocycles. The molecule has 0 atom stereocenters. The lowest BCUT2D eigenvalue weighted by molar-refractivity contribution is 0.0107. The number of aryl methyl sites for hydroxylation is 1. The molecule has 2 N–H and O–H groups in total. The summed E-state index contributed by atoms with van der Waals surface area (Å²) in [6.07, 6.45) is 10.1. The van der Waals surface area contributed by atoms with Crippen LogP contribution in [0.25, 0.3) is 0 Å². The number of carbonyl (C=O) groups excluding carboxylic acids is 1. The molecular formula is C22H27N3O. The van der Waals surface area contributed by atoms with Gasteiger partial charge in [0.25, 0.3) is 5.91 Å². The van der Waals surface area contributed by atoms with E-state index < -0.39 is 0 Å². The quantitative estimate of drug-likeness (QED) is 0.843. The first-order chi connectivity index (χ1) is 12.6. The Balaban J connectivity index is 1.39. The molecule has 4 heteroatoms. The van der Waals surface area contributed by atoms with E-state index in [2.05, 4.69) is 22.8 Å². The highest BCUT2D eigenvalue weighted by Crippen LogP contribution is 2.56. The van der Waals surface area contributed by atoms with Crippen molar-refractivity contribution < 1.29 is 4.79 Å². The topological polar surface area (TPSA) is 46.1 Å². The molecule has 0 spiro atoms. The zero-order valence-electron chi connectivity index (χ0n) is 15.4. The standard InChI is InChI=1S/C22H27N3O/c1-25-8-4-7-20(25)21(26)23-18-5-2-3-6-19(18)24-22-12-15-9-16(13-22)11-17(10-15)14-22/h2-8,15-17,24H,9-14H2,1H3,(H,23,26). The molecule has 2 aromatic rings. The Morgan fingerprint density at radius 1 is 0.962 bits per heavy atom. The summed E-state index contributed by atoms with van der Waals surface area (Å²) >= 11 is 0. The Morgan fingerprint density at radius 2 is 1.58 bits per heavy atom. The minimum atomic E-state index is -0.0581. The van der Waals surface area contributed by atoms with Gasteiger partial charge < -0.3 is 15.2 Å². The fourth-order valence-electron chi connectivity index (χ4n) is 6.13. The number of amides is 1. The number of nitrogens with zero attached hydrogens (tertiary/aromatic N) is 1. The van der Waals surface area contributed by atoms with Crippen molar-refractivity contribution >= 4 is 17.3 Å². The first-order valence-corrected chi connectivity index (χ1v) is 9.90. The number of para-hydroxylation sites is 2. The summed E-state index contributed by atoms with van der Waals surface area (Å²) in [5.74, 6) is 2.65. The van der Waals surface area contributed by atoms with Crippen LogP contribution in [0.1, 0.15) is 49.0 Å². The second kappa shape index (κ2) is 5.90. The molecule has 0 unspecified atom stereocenters. The molecule has 0 saturated heterocycles. The molecule has 0 radical (unpaired) electrons. The summed E-state index contributed by atoms with van der Waals surface area (Å²) in [6, 6.07) is 11.9. The van der Waals surface area contributed by atoms with E-state index >= 15 is 0 Å². The van der Waals surface area contributed by atoms with Gasteiger partial charge in [-0.25, -0.2) is 0 Å². The minimum absolute atomic E-state index is 0.0581. The van der Waals surface area contributed by atoms with Crippen LogP contribution in [-0.2, 0) is 7.05 Å². The third-order valence-corrected chi connectivity index (χ3v) is 6.79. The molecule has 1 amide bonds. The highest BCUT2D eigenvalue weighted by Gasteiger charge is 2.51. The lowest BCUT2D eigenvalue weighted by atomic mass is 9.53. The maximum atomic E-state index is 12.7. The van der Waals surface area contributed by atoms with Crippen molar-refractivity contribution in [2.75, 3.05) is 10.6 Å². The van der Waals surface area contributed by atoms with Gasteiger partial charge in [0, 0.05) is 18.8 Å². The van der Waals surface area contributed by atoms with Gasteiger partial charge in [0.15, 0.2) is 0 Å². The molecule has 0 aliphatic heterocycles. The Labute approximate surface area is 155 Å². The highest BCUT2D eigenvalue weighted by atomic mass is 16.1. The van der Waals surface area contributed by atoms with Gasteiger partial charge in [-0.2, -0.15) is 0 Å². The molecule has 4 aliphatic carbocycles. The van der Waals surface area contributed by atoms with E-state index in [1.807, 2.05) is 42.1 Å². The molecule has 4 nitrogen and oxygen atoms in total. The van der Waals surface area contributed by atoms with E-state index in [0.29, 0.717) is 5.69 Å². The van der Waals surface area contributed by atoms with E-state index in [0.717, 1.165) is 29.1 Å². The molecule has 4 bridgehead atoms. The molecular weight excluding hydrogens is 322 g/mol. The van der Waals surface area contributed by atoms with Crippen molar-refractivity contribution in [2.24, 2.45) is 24.8 Å². The number of carbonyl (C=O) groups is 1. The predicted molar refractivity (Wildman–Crippen MR) is 104 cm³/mol. The smallest absolute Gasteiger partial charge is 0.272 e. The van der Waals surface area contributed by atoms with Crippen LogP contribution in [0.3, 0.4) is 0 Å². The van der Waals surface area contributed by atoms with Crippen molar-refractivity contribution in [1.29, 1.82) is 0 Å². The van der Waals surface area contributed by atoms with Crippen LogP contribution >= 0.6 is 0 Å². The van der Waals surface area contributed by atoms with Gasteiger partial charge in [-0.05, 0) is 80.5 Å².